The van der Waals surface area contributed by atoms with E-state index in [2.05, 4.69) is 61.5 Å². The summed E-state index contributed by atoms with van der Waals surface area (Å²) >= 11 is 0. The van der Waals surface area contributed by atoms with Gasteiger partial charge in [-0.25, -0.2) is 0 Å². The van der Waals surface area contributed by atoms with Crippen molar-refractivity contribution in [3.8, 4) is 0 Å². The maximum Gasteiger partial charge on any atom is -0.00761 e. The van der Waals surface area contributed by atoms with Crippen LogP contribution in [-0.4, -0.2) is 0 Å². The molecule has 0 aliphatic heterocycles. The van der Waals surface area contributed by atoms with E-state index in [4.69, 9.17) is 0 Å². The van der Waals surface area contributed by atoms with Crippen molar-refractivity contribution in [3.63, 3.8) is 0 Å². The van der Waals surface area contributed by atoms with Gasteiger partial charge in [0.2, 0.25) is 0 Å². The smallest absolute Gasteiger partial charge is 0.00761 e. The van der Waals surface area contributed by atoms with Gasteiger partial charge in [0.05, 0.1) is 0 Å². The normalized spacial score (nSPS) is 11.0. The van der Waals surface area contributed by atoms with Crippen molar-refractivity contribution < 1.29 is 0 Å². The maximum atomic E-state index is 2.20. The lowest BCUT2D eigenvalue weighted by Gasteiger charge is -2.06. The second-order valence-electron chi connectivity index (χ2n) is 3.96. The van der Waals surface area contributed by atoms with Crippen molar-refractivity contribution in [3.05, 3.63) is 60.2 Å². The highest BCUT2D eigenvalue weighted by Gasteiger charge is 2.01. The third-order valence-electron chi connectivity index (χ3n) is 2.98. The molecule has 0 spiro atoms. The van der Waals surface area contributed by atoms with E-state index in [0.717, 1.165) is 0 Å². The summed E-state index contributed by atoms with van der Waals surface area (Å²) in [4.78, 5) is 0. The van der Waals surface area contributed by atoms with Gasteiger partial charge < -0.3 is 0 Å². The van der Waals surface area contributed by atoms with Crippen LogP contribution in [0.25, 0.3) is 21.5 Å². The predicted molar refractivity (Wildman–Crippen MR) is 66.2 cm³/mol. The molecule has 0 atom stereocenters. The molecule has 0 unspecified atom stereocenters. The summed E-state index contributed by atoms with van der Waals surface area (Å²) in [6.07, 6.45) is 0. The summed E-state index contributed by atoms with van der Waals surface area (Å²) in [6.45, 7) is 2.18. The Bertz CT molecular complexity index is 636. The summed E-state index contributed by atoms with van der Waals surface area (Å²) in [6, 6.07) is 19.4. The van der Waals surface area contributed by atoms with Gasteiger partial charge in [-0.3, -0.25) is 0 Å². The van der Waals surface area contributed by atoms with Crippen LogP contribution in [0.4, 0.5) is 0 Å². The van der Waals surface area contributed by atoms with Crippen LogP contribution in [0.15, 0.2) is 54.6 Å². The van der Waals surface area contributed by atoms with Gasteiger partial charge in [-0.15, -0.1) is 0 Å². The Hall–Kier alpha value is -1.82. The predicted octanol–water partition coefficient (Wildman–Crippen LogP) is 4.30. The number of fused-ring (bicyclic) bond motifs is 3. The van der Waals surface area contributed by atoms with Gasteiger partial charge in [-0.1, -0.05) is 54.6 Å². The van der Waals surface area contributed by atoms with E-state index in [9.17, 15) is 0 Å². The van der Waals surface area contributed by atoms with Crippen LogP contribution in [0, 0.1) is 6.92 Å². The topological polar surface area (TPSA) is 0 Å². The minimum atomic E-state index is 1.32. The molecule has 3 rings (SSSR count). The first-order valence-corrected chi connectivity index (χ1v) is 5.23. The highest BCUT2D eigenvalue weighted by molar-refractivity contribution is 6.08. The van der Waals surface area contributed by atoms with E-state index in [1.54, 1.807) is 0 Å². The van der Waals surface area contributed by atoms with E-state index in [1.807, 2.05) is 0 Å². The Kier molecular flexibility index (Phi) is 1.75. The quantitative estimate of drug-likeness (QED) is 0.466. The zero-order valence-electron chi connectivity index (χ0n) is 8.70. The van der Waals surface area contributed by atoms with Crippen LogP contribution < -0.4 is 0 Å². The first-order chi connectivity index (χ1) is 7.36. The molecule has 0 saturated carbocycles. The molecule has 0 aromatic heterocycles. The summed E-state index contributed by atoms with van der Waals surface area (Å²) in [5.74, 6) is 0. The van der Waals surface area contributed by atoms with Crippen LogP contribution in [-0.2, 0) is 0 Å². The Balaban J connectivity index is 2.64. The Labute approximate surface area is 89.2 Å². The molecule has 3 aromatic carbocycles. The van der Waals surface area contributed by atoms with E-state index in [0.29, 0.717) is 0 Å². The van der Waals surface area contributed by atoms with Crippen molar-refractivity contribution in [2.24, 2.45) is 0 Å². The monoisotopic (exact) mass is 192 g/mol. The zero-order chi connectivity index (χ0) is 10.3. The number of aryl methyl sites for hydroxylation is 1. The van der Waals surface area contributed by atoms with Gasteiger partial charge in [0, 0.05) is 0 Å². The summed E-state index contributed by atoms with van der Waals surface area (Å²) in [5.41, 5.74) is 1.35. The molecule has 0 heteroatoms. The third-order valence-corrected chi connectivity index (χ3v) is 2.98. The largest absolute Gasteiger partial charge is 0.0616 e. The molecule has 0 heterocycles. The van der Waals surface area contributed by atoms with Gasteiger partial charge >= 0.3 is 0 Å². The molecule has 0 aliphatic rings. The molecule has 0 N–H and O–H groups in total. The highest BCUT2D eigenvalue weighted by atomic mass is 14.0. The number of hydrogen-bond acceptors (Lipinski definition) is 0. The fourth-order valence-corrected chi connectivity index (χ4v) is 2.25. The molecule has 0 amide bonds. The van der Waals surface area contributed by atoms with Crippen LogP contribution in [0.2, 0.25) is 0 Å². The van der Waals surface area contributed by atoms with E-state index < -0.39 is 0 Å². The number of hydrogen-bond donors (Lipinski definition) is 0. The Morgan fingerprint density at radius 3 is 2.33 bits per heavy atom. The van der Waals surface area contributed by atoms with Gasteiger partial charge in [-0.2, -0.15) is 0 Å². The lowest BCUT2D eigenvalue weighted by Crippen LogP contribution is -1.80. The fraction of sp³-hybridized carbons (Fsp3) is 0.0667. The first kappa shape index (κ1) is 8.49. The second kappa shape index (κ2) is 3.09. The second-order valence-corrected chi connectivity index (χ2v) is 3.96. The minimum absolute atomic E-state index is 1.32. The van der Waals surface area contributed by atoms with Gasteiger partial charge in [-0.05, 0) is 34.0 Å². The number of rotatable bonds is 0. The van der Waals surface area contributed by atoms with Crippen LogP contribution >= 0.6 is 0 Å². The molecule has 0 bridgehead atoms. The first-order valence-electron chi connectivity index (χ1n) is 5.23. The lowest BCUT2D eigenvalue weighted by atomic mass is 9.99. The minimum Gasteiger partial charge on any atom is -0.0616 e. The molecule has 0 fully saturated rings. The summed E-state index contributed by atoms with van der Waals surface area (Å²) in [5, 5.41) is 5.39. The SMILES string of the molecule is Cc1cccc2ccc3ccccc3c12. The van der Waals surface area contributed by atoms with E-state index in [-0.39, 0.29) is 0 Å². The molecular formula is C15H12. The van der Waals surface area contributed by atoms with Gasteiger partial charge in [0.15, 0.2) is 0 Å². The van der Waals surface area contributed by atoms with E-state index >= 15 is 0 Å². The standard InChI is InChI=1S/C15H12/c1-11-5-4-7-13-10-9-12-6-2-3-8-14(12)15(11)13/h2-10H,1H3. The highest BCUT2D eigenvalue weighted by Crippen LogP contribution is 2.27. The third kappa shape index (κ3) is 1.22. The number of benzene rings is 3. The van der Waals surface area contributed by atoms with Crippen LogP contribution in [0.5, 0.6) is 0 Å². The zero-order valence-corrected chi connectivity index (χ0v) is 8.70. The lowest BCUT2D eigenvalue weighted by molar-refractivity contribution is 1.54. The van der Waals surface area contributed by atoms with Crippen LogP contribution in [0.1, 0.15) is 5.56 Å². The summed E-state index contributed by atoms with van der Waals surface area (Å²) < 4.78 is 0. The Morgan fingerprint density at radius 2 is 1.40 bits per heavy atom. The van der Waals surface area contributed by atoms with Crippen molar-refractivity contribution >= 4 is 21.5 Å². The summed E-state index contributed by atoms with van der Waals surface area (Å²) in [7, 11) is 0. The molecule has 0 nitrogen and oxygen atoms in total. The van der Waals surface area contributed by atoms with Crippen molar-refractivity contribution in [2.75, 3.05) is 0 Å². The van der Waals surface area contributed by atoms with Gasteiger partial charge in [0.25, 0.3) is 0 Å². The van der Waals surface area contributed by atoms with Crippen molar-refractivity contribution in [1.82, 2.24) is 0 Å². The molecule has 0 radical (unpaired) electrons. The van der Waals surface area contributed by atoms with Crippen molar-refractivity contribution in [2.45, 2.75) is 6.92 Å². The molecule has 72 valence electrons. The molecular weight excluding hydrogens is 180 g/mol. The molecule has 0 aliphatic carbocycles. The molecule has 3 aromatic rings. The average molecular weight is 192 g/mol. The fourth-order valence-electron chi connectivity index (χ4n) is 2.25. The van der Waals surface area contributed by atoms with Crippen molar-refractivity contribution in [1.29, 1.82) is 0 Å². The van der Waals surface area contributed by atoms with Crippen LogP contribution in [0.3, 0.4) is 0 Å². The maximum absolute atomic E-state index is 2.20. The molecule has 0 saturated heterocycles. The van der Waals surface area contributed by atoms with Gasteiger partial charge in [0.1, 0.15) is 0 Å². The molecule has 15 heavy (non-hydrogen) atoms. The van der Waals surface area contributed by atoms with E-state index in [1.165, 1.54) is 27.1 Å². The Morgan fingerprint density at radius 1 is 0.667 bits per heavy atom. The average Bonchev–Trinajstić information content (AvgIpc) is 2.29.